The normalized spacial score (nSPS) is 21.9. The first-order chi connectivity index (χ1) is 13.6. The molecule has 0 amide bonds. The molecule has 1 N–H and O–H groups in total. The first kappa shape index (κ1) is 17.4. The Morgan fingerprint density at radius 3 is 2.61 bits per heavy atom. The van der Waals surface area contributed by atoms with Gasteiger partial charge >= 0.3 is 0 Å². The fourth-order valence-corrected chi connectivity index (χ4v) is 4.84. The predicted octanol–water partition coefficient (Wildman–Crippen LogP) is 3.36. The number of rotatable bonds is 3. The Kier molecular flexibility index (Phi) is 4.16. The number of anilines is 1. The molecule has 2 aromatic heterocycles. The Hall–Kier alpha value is -2.73. The first-order valence-corrected chi connectivity index (χ1v) is 10.0. The zero-order valence-electron chi connectivity index (χ0n) is 16.4. The molecule has 1 aromatic carbocycles. The molecule has 28 heavy (non-hydrogen) atoms. The molecule has 0 radical (unpaired) electrons. The van der Waals surface area contributed by atoms with E-state index in [1.807, 2.05) is 43.5 Å². The summed E-state index contributed by atoms with van der Waals surface area (Å²) in [5.41, 5.74) is 6.69. The van der Waals surface area contributed by atoms with E-state index in [1.54, 1.807) is 11.6 Å². The highest BCUT2D eigenvalue weighted by Crippen LogP contribution is 2.37. The van der Waals surface area contributed by atoms with Crippen molar-refractivity contribution in [3.05, 3.63) is 52.4 Å². The van der Waals surface area contributed by atoms with Crippen molar-refractivity contribution in [3.8, 4) is 11.1 Å². The highest BCUT2D eigenvalue weighted by Gasteiger charge is 2.36. The molecule has 144 valence electrons. The van der Waals surface area contributed by atoms with E-state index in [9.17, 15) is 4.79 Å². The maximum absolute atomic E-state index is 13.0. The lowest BCUT2D eigenvalue weighted by atomic mass is 10.0. The van der Waals surface area contributed by atoms with Crippen LogP contribution in [0.4, 0.5) is 5.95 Å². The first-order valence-electron chi connectivity index (χ1n) is 10.0. The van der Waals surface area contributed by atoms with Crippen molar-refractivity contribution < 1.29 is 0 Å². The lowest BCUT2D eigenvalue weighted by molar-refractivity contribution is 0.369. The van der Waals surface area contributed by atoms with Crippen LogP contribution in [0.15, 0.2) is 41.3 Å². The third-order valence-corrected chi connectivity index (χ3v) is 6.37. The third kappa shape index (κ3) is 2.88. The molecule has 1 saturated heterocycles. The van der Waals surface area contributed by atoms with Gasteiger partial charge in [-0.2, -0.15) is 4.98 Å². The molecule has 1 aliphatic heterocycles. The zero-order valence-corrected chi connectivity index (χ0v) is 16.4. The molecule has 1 saturated carbocycles. The summed E-state index contributed by atoms with van der Waals surface area (Å²) in [6, 6.07) is 9.86. The summed E-state index contributed by atoms with van der Waals surface area (Å²) < 4.78 is 1.63. The Labute approximate surface area is 164 Å². The van der Waals surface area contributed by atoms with Crippen LogP contribution in [0.25, 0.3) is 22.2 Å². The number of hydrazine groups is 1. The van der Waals surface area contributed by atoms with Crippen LogP contribution in [0.5, 0.6) is 0 Å². The number of aryl methyl sites for hydroxylation is 2. The van der Waals surface area contributed by atoms with Crippen LogP contribution >= 0.6 is 0 Å². The van der Waals surface area contributed by atoms with E-state index in [-0.39, 0.29) is 5.56 Å². The molecular weight excluding hydrogens is 350 g/mol. The van der Waals surface area contributed by atoms with Gasteiger partial charge in [-0.25, -0.2) is 9.99 Å². The van der Waals surface area contributed by atoms with Crippen molar-refractivity contribution in [3.63, 3.8) is 0 Å². The summed E-state index contributed by atoms with van der Waals surface area (Å²) in [4.78, 5) is 22.2. The molecular formula is C22H25N5O. The van der Waals surface area contributed by atoms with Crippen molar-refractivity contribution in [1.82, 2.24) is 19.5 Å². The number of pyridine rings is 1. The summed E-state index contributed by atoms with van der Waals surface area (Å²) >= 11 is 0. The van der Waals surface area contributed by atoms with E-state index in [0.29, 0.717) is 17.2 Å². The van der Waals surface area contributed by atoms with Crippen LogP contribution in [0.2, 0.25) is 0 Å². The largest absolute Gasteiger partial charge is 0.295 e. The van der Waals surface area contributed by atoms with Crippen molar-refractivity contribution in [2.45, 2.75) is 26.2 Å². The third-order valence-electron chi connectivity index (χ3n) is 6.37. The SMILES string of the molecule is Cc1ccccc1-c1cc2cnc(NN3CC4CCCC4C3)nc2n(C)c1=O. The number of aromatic nitrogens is 3. The molecule has 6 nitrogen and oxygen atoms in total. The minimum atomic E-state index is -0.0397. The molecule has 2 unspecified atom stereocenters. The van der Waals surface area contributed by atoms with Crippen molar-refractivity contribution in [1.29, 1.82) is 0 Å². The molecule has 2 atom stereocenters. The Morgan fingerprint density at radius 2 is 1.86 bits per heavy atom. The average molecular weight is 375 g/mol. The van der Waals surface area contributed by atoms with E-state index in [1.165, 1.54) is 19.3 Å². The summed E-state index contributed by atoms with van der Waals surface area (Å²) in [6.45, 7) is 4.13. The molecule has 3 heterocycles. The molecule has 0 bridgehead atoms. The number of nitrogens with one attached hydrogen (secondary N) is 1. The molecule has 0 spiro atoms. The predicted molar refractivity (Wildman–Crippen MR) is 111 cm³/mol. The Morgan fingerprint density at radius 1 is 1.11 bits per heavy atom. The van der Waals surface area contributed by atoms with E-state index < -0.39 is 0 Å². The van der Waals surface area contributed by atoms with Crippen LogP contribution in [-0.4, -0.2) is 32.6 Å². The second kappa shape index (κ2) is 6.71. The van der Waals surface area contributed by atoms with Gasteiger partial charge in [0, 0.05) is 37.3 Å². The van der Waals surface area contributed by atoms with Crippen LogP contribution in [0.3, 0.4) is 0 Å². The molecule has 2 aliphatic rings. The van der Waals surface area contributed by atoms with Gasteiger partial charge < -0.3 is 0 Å². The van der Waals surface area contributed by atoms with Gasteiger partial charge in [0.05, 0.1) is 0 Å². The standard InChI is InChI=1S/C22H25N5O/c1-14-6-3-4-9-18(14)19-10-17-11-23-22(24-20(17)26(2)21(19)28)25-27-12-15-7-5-8-16(15)13-27/h3-4,6,9-11,15-16H,5,7-8,12-13H2,1-2H3,(H,23,24,25). The number of hydrogen-bond acceptors (Lipinski definition) is 5. The fourth-order valence-electron chi connectivity index (χ4n) is 4.84. The Bertz CT molecular complexity index is 1090. The quantitative estimate of drug-likeness (QED) is 0.760. The lowest BCUT2D eigenvalue weighted by Crippen LogP contribution is -2.29. The highest BCUT2D eigenvalue weighted by molar-refractivity contribution is 5.82. The van der Waals surface area contributed by atoms with Gasteiger partial charge in [0.1, 0.15) is 5.65 Å². The van der Waals surface area contributed by atoms with Gasteiger partial charge in [-0.1, -0.05) is 30.7 Å². The maximum Gasteiger partial charge on any atom is 0.259 e. The zero-order chi connectivity index (χ0) is 19.3. The van der Waals surface area contributed by atoms with Gasteiger partial charge in [0.25, 0.3) is 5.56 Å². The minimum Gasteiger partial charge on any atom is -0.295 e. The number of nitrogens with zero attached hydrogens (tertiary/aromatic N) is 4. The van der Waals surface area contributed by atoms with Gasteiger partial charge in [0.2, 0.25) is 5.95 Å². The van der Waals surface area contributed by atoms with Gasteiger partial charge in [-0.15, -0.1) is 0 Å². The second-order valence-electron chi connectivity index (χ2n) is 8.18. The van der Waals surface area contributed by atoms with Crippen molar-refractivity contribution in [2.75, 3.05) is 18.5 Å². The summed E-state index contributed by atoms with van der Waals surface area (Å²) in [7, 11) is 1.78. The van der Waals surface area contributed by atoms with E-state index >= 15 is 0 Å². The van der Waals surface area contributed by atoms with Gasteiger partial charge in [-0.3, -0.25) is 14.8 Å². The number of fused-ring (bicyclic) bond motifs is 2. The topological polar surface area (TPSA) is 63.1 Å². The molecule has 6 heteroatoms. The molecule has 1 aliphatic carbocycles. The number of hydrogen-bond donors (Lipinski definition) is 1. The second-order valence-corrected chi connectivity index (χ2v) is 8.18. The van der Waals surface area contributed by atoms with Gasteiger partial charge in [-0.05, 0) is 48.8 Å². The molecule has 3 aromatic rings. The number of benzene rings is 1. The minimum absolute atomic E-state index is 0.0397. The summed E-state index contributed by atoms with van der Waals surface area (Å²) in [5, 5.41) is 3.10. The monoisotopic (exact) mass is 375 g/mol. The van der Waals surface area contributed by atoms with Crippen molar-refractivity contribution in [2.24, 2.45) is 18.9 Å². The van der Waals surface area contributed by atoms with Crippen LogP contribution in [0, 0.1) is 18.8 Å². The van der Waals surface area contributed by atoms with Crippen LogP contribution < -0.4 is 11.0 Å². The maximum atomic E-state index is 13.0. The van der Waals surface area contributed by atoms with Crippen LogP contribution in [0.1, 0.15) is 24.8 Å². The molecule has 2 fully saturated rings. The van der Waals surface area contributed by atoms with Crippen molar-refractivity contribution >= 4 is 17.0 Å². The molecule has 5 rings (SSSR count). The fraction of sp³-hybridized carbons (Fsp3) is 0.409. The summed E-state index contributed by atoms with van der Waals surface area (Å²) in [6.07, 6.45) is 5.83. The smallest absolute Gasteiger partial charge is 0.259 e. The van der Waals surface area contributed by atoms with Crippen LogP contribution in [-0.2, 0) is 7.05 Å². The average Bonchev–Trinajstić information content (AvgIpc) is 3.27. The summed E-state index contributed by atoms with van der Waals surface area (Å²) in [5.74, 6) is 2.16. The van der Waals surface area contributed by atoms with E-state index in [2.05, 4.69) is 20.4 Å². The van der Waals surface area contributed by atoms with E-state index in [0.717, 1.165) is 41.4 Å². The highest BCUT2D eigenvalue weighted by atomic mass is 16.1. The van der Waals surface area contributed by atoms with E-state index in [4.69, 9.17) is 0 Å². The Balaban J connectivity index is 1.49. The van der Waals surface area contributed by atoms with Gasteiger partial charge in [0.15, 0.2) is 0 Å². The lowest BCUT2D eigenvalue weighted by Gasteiger charge is -2.18.